The van der Waals surface area contributed by atoms with Crippen molar-refractivity contribution in [2.24, 2.45) is 5.10 Å². The minimum absolute atomic E-state index is 0.379. The number of hydrogen-bond donors (Lipinski definition) is 2. The Bertz CT molecular complexity index is 419. The van der Waals surface area contributed by atoms with Crippen LogP contribution in [0.4, 0.5) is 0 Å². The zero-order valence-corrected chi connectivity index (χ0v) is 9.71. The fourth-order valence-corrected chi connectivity index (χ4v) is 1.06. The van der Waals surface area contributed by atoms with Crippen LogP contribution in [0.25, 0.3) is 0 Å². The topological polar surface area (TPSA) is 49.3 Å². The highest BCUT2D eigenvalue weighted by molar-refractivity contribution is 7.80. The Labute approximate surface area is 100 Å². The number of nitrogens with one attached hydrogen (secondary N) is 2. The van der Waals surface area contributed by atoms with Crippen LogP contribution >= 0.6 is 12.2 Å². The van der Waals surface area contributed by atoms with Crippen LogP contribution in [0, 0.1) is 12.3 Å². The molecule has 0 aliphatic rings. The Balaban J connectivity index is 2.52. The third-order valence-electron chi connectivity index (χ3n) is 1.71. The Morgan fingerprint density at radius 3 is 3.06 bits per heavy atom. The van der Waals surface area contributed by atoms with E-state index in [1.807, 2.05) is 25.1 Å². The number of terminal acetylenes is 1. The molecule has 0 saturated heterocycles. The van der Waals surface area contributed by atoms with Crippen LogP contribution in [0.5, 0.6) is 0 Å². The first-order chi connectivity index (χ1) is 7.74. The number of pyridine rings is 1. The summed E-state index contributed by atoms with van der Waals surface area (Å²) in [5, 5.41) is 7.27. The summed E-state index contributed by atoms with van der Waals surface area (Å²) in [5.74, 6) is 2.42. The molecule has 0 fully saturated rings. The minimum atomic E-state index is 0.379. The van der Waals surface area contributed by atoms with Gasteiger partial charge in [0.15, 0.2) is 5.11 Å². The van der Waals surface area contributed by atoms with E-state index in [1.54, 1.807) is 6.20 Å². The molecule has 0 bridgehead atoms. The molecule has 0 aliphatic carbocycles. The predicted octanol–water partition coefficient (Wildman–Crippen LogP) is 0.903. The van der Waals surface area contributed by atoms with E-state index in [-0.39, 0.29) is 0 Å². The first kappa shape index (κ1) is 12.1. The average Bonchev–Trinajstić information content (AvgIpc) is 2.34. The van der Waals surface area contributed by atoms with Gasteiger partial charge in [0.1, 0.15) is 0 Å². The van der Waals surface area contributed by atoms with Crippen LogP contribution in [0.15, 0.2) is 29.5 Å². The van der Waals surface area contributed by atoms with Crippen molar-refractivity contribution in [3.8, 4) is 12.3 Å². The molecule has 82 valence electrons. The molecule has 1 rings (SSSR count). The molecule has 2 N–H and O–H groups in total. The molecule has 0 aromatic carbocycles. The van der Waals surface area contributed by atoms with Crippen molar-refractivity contribution >= 4 is 23.0 Å². The zero-order chi connectivity index (χ0) is 11.8. The molecule has 4 nitrogen and oxygen atoms in total. The highest BCUT2D eigenvalue weighted by Crippen LogP contribution is 1.94. The molecule has 0 amide bonds. The van der Waals surface area contributed by atoms with E-state index in [1.165, 1.54) is 0 Å². The molecule has 1 heterocycles. The van der Waals surface area contributed by atoms with Gasteiger partial charge < -0.3 is 5.32 Å². The number of nitrogens with zero attached hydrogens (tertiary/aromatic N) is 2. The quantitative estimate of drug-likeness (QED) is 0.352. The molecule has 0 aliphatic heterocycles. The molecule has 0 atom stereocenters. The Hall–Kier alpha value is -1.93. The second kappa shape index (κ2) is 6.53. The van der Waals surface area contributed by atoms with E-state index < -0.39 is 0 Å². The number of thiocarbonyl (C=S) groups is 1. The summed E-state index contributed by atoms with van der Waals surface area (Å²) < 4.78 is 0. The van der Waals surface area contributed by atoms with Crippen LogP contribution in [0.3, 0.4) is 0 Å². The average molecular weight is 232 g/mol. The molecule has 0 radical (unpaired) electrons. The molecule has 16 heavy (non-hydrogen) atoms. The van der Waals surface area contributed by atoms with Gasteiger partial charge in [0.2, 0.25) is 0 Å². The second-order valence-electron chi connectivity index (χ2n) is 2.91. The van der Waals surface area contributed by atoms with E-state index in [0.29, 0.717) is 11.7 Å². The lowest BCUT2D eigenvalue weighted by atomic mass is 10.3. The number of rotatable bonds is 3. The maximum atomic E-state index is 5.08. The maximum Gasteiger partial charge on any atom is 0.187 e. The third-order valence-corrected chi connectivity index (χ3v) is 1.95. The lowest BCUT2D eigenvalue weighted by Gasteiger charge is -2.04. The summed E-state index contributed by atoms with van der Waals surface area (Å²) in [4.78, 5) is 4.15. The van der Waals surface area contributed by atoms with Gasteiger partial charge in [-0.25, -0.2) is 0 Å². The second-order valence-corrected chi connectivity index (χ2v) is 3.32. The van der Waals surface area contributed by atoms with Crippen molar-refractivity contribution in [3.05, 3.63) is 30.1 Å². The molecule has 1 aromatic heterocycles. The van der Waals surface area contributed by atoms with E-state index >= 15 is 0 Å². The van der Waals surface area contributed by atoms with Crippen molar-refractivity contribution in [2.75, 3.05) is 6.54 Å². The monoisotopic (exact) mass is 232 g/mol. The molecule has 0 unspecified atom stereocenters. The predicted molar refractivity (Wildman–Crippen MR) is 69.0 cm³/mol. The summed E-state index contributed by atoms with van der Waals surface area (Å²) in [6.07, 6.45) is 6.79. The zero-order valence-electron chi connectivity index (χ0n) is 8.90. The summed E-state index contributed by atoms with van der Waals surface area (Å²) in [6.45, 7) is 2.23. The molecule has 0 spiro atoms. The normalized spacial score (nSPS) is 10.4. The number of hydrogen-bond acceptors (Lipinski definition) is 3. The summed E-state index contributed by atoms with van der Waals surface area (Å²) in [7, 11) is 0. The van der Waals surface area contributed by atoms with Gasteiger partial charge in [0, 0.05) is 6.20 Å². The summed E-state index contributed by atoms with van der Waals surface area (Å²) in [6, 6.07) is 5.62. The highest BCUT2D eigenvalue weighted by atomic mass is 32.1. The molecule has 5 heteroatoms. The molecule has 0 saturated carbocycles. The van der Waals surface area contributed by atoms with Crippen LogP contribution < -0.4 is 10.7 Å². The fourth-order valence-electron chi connectivity index (χ4n) is 0.940. The maximum absolute atomic E-state index is 5.08. The third kappa shape index (κ3) is 4.07. The van der Waals surface area contributed by atoms with E-state index in [2.05, 4.69) is 26.7 Å². The van der Waals surface area contributed by atoms with Crippen molar-refractivity contribution < 1.29 is 0 Å². The molecule has 1 aromatic rings. The van der Waals surface area contributed by atoms with Crippen LogP contribution in [-0.2, 0) is 0 Å². The van der Waals surface area contributed by atoms with Crippen LogP contribution in [-0.4, -0.2) is 22.4 Å². The lowest BCUT2D eigenvalue weighted by molar-refractivity contribution is 0.943. The first-order valence-corrected chi connectivity index (χ1v) is 5.08. The van der Waals surface area contributed by atoms with E-state index in [9.17, 15) is 0 Å². The Morgan fingerprint density at radius 2 is 2.44 bits per heavy atom. The van der Waals surface area contributed by atoms with Gasteiger partial charge >= 0.3 is 0 Å². The van der Waals surface area contributed by atoms with Crippen molar-refractivity contribution in [1.82, 2.24) is 15.7 Å². The van der Waals surface area contributed by atoms with Crippen LogP contribution in [0.2, 0.25) is 0 Å². The molecular formula is C11H12N4S. The smallest absolute Gasteiger partial charge is 0.187 e. The Kier molecular flexibility index (Phi) is 4.96. The van der Waals surface area contributed by atoms with Gasteiger partial charge in [0.05, 0.1) is 18.0 Å². The van der Waals surface area contributed by atoms with Gasteiger partial charge in [-0.15, -0.1) is 6.42 Å². The van der Waals surface area contributed by atoms with E-state index in [4.69, 9.17) is 18.6 Å². The Morgan fingerprint density at radius 1 is 1.62 bits per heavy atom. The largest absolute Gasteiger partial charge is 0.350 e. The van der Waals surface area contributed by atoms with Gasteiger partial charge in [-0.2, -0.15) is 5.10 Å². The number of hydrazone groups is 1. The van der Waals surface area contributed by atoms with E-state index in [0.717, 1.165) is 11.4 Å². The SMILES string of the molecule is C#CCNC(=S)N/N=C(\C)c1ccccn1. The number of aromatic nitrogens is 1. The van der Waals surface area contributed by atoms with Gasteiger partial charge in [-0.1, -0.05) is 12.0 Å². The minimum Gasteiger partial charge on any atom is -0.350 e. The molecular weight excluding hydrogens is 220 g/mol. The summed E-state index contributed by atoms with van der Waals surface area (Å²) >= 11 is 4.94. The van der Waals surface area contributed by atoms with Gasteiger partial charge in [-0.3, -0.25) is 10.4 Å². The summed E-state index contributed by atoms with van der Waals surface area (Å²) in [5.41, 5.74) is 4.24. The van der Waals surface area contributed by atoms with Crippen molar-refractivity contribution in [2.45, 2.75) is 6.92 Å². The van der Waals surface area contributed by atoms with Crippen molar-refractivity contribution in [3.63, 3.8) is 0 Å². The lowest BCUT2D eigenvalue weighted by Crippen LogP contribution is -2.32. The fraction of sp³-hybridized carbons (Fsp3) is 0.182. The van der Waals surface area contributed by atoms with Gasteiger partial charge in [-0.05, 0) is 31.3 Å². The standard InChI is InChI=1S/C11H12N4S/c1-3-7-13-11(16)15-14-9(2)10-6-4-5-8-12-10/h1,4-6,8H,7H2,2H3,(H2,13,15,16)/b14-9+. The highest BCUT2D eigenvalue weighted by Gasteiger charge is 1.97. The van der Waals surface area contributed by atoms with Crippen molar-refractivity contribution in [1.29, 1.82) is 0 Å². The first-order valence-electron chi connectivity index (χ1n) is 4.67. The van der Waals surface area contributed by atoms with Crippen LogP contribution in [0.1, 0.15) is 12.6 Å². The van der Waals surface area contributed by atoms with Gasteiger partial charge in [0.25, 0.3) is 0 Å².